The molecule has 7 aromatic rings. The molecule has 5 nitrogen and oxygen atoms in total. The Morgan fingerprint density at radius 1 is 0.857 bits per heavy atom. The van der Waals surface area contributed by atoms with Gasteiger partial charge in [0.2, 0.25) is 11.7 Å². The fourth-order valence-electron chi connectivity index (χ4n) is 4.90. The van der Waals surface area contributed by atoms with Crippen LogP contribution in [0.25, 0.3) is 55.7 Å². The number of furan rings is 1. The molecule has 4 aromatic heterocycles. The SMILES string of the molecule is CCn1c(-c2[c-]ccc3c2oc2nc(F)ccc23)nc2ccccc21.C[Si](C)(C)c1ccc(-c2[c-]cccc2)nc1.[Ir]. The number of nitrogens with zero attached hydrogens (tertiary/aromatic N) is 4. The first-order valence-corrected chi connectivity index (χ1v) is 17.1. The van der Waals surface area contributed by atoms with Gasteiger partial charge in [0.05, 0.1) is 30.5 Å². The van der Waals surface area contributed by atoms with Crippen LogP contribution in [0.4, 0.5) is 4.39 Å². The number of para-hydroxylation sites is 2. The maximum atomic E-state index is 13.5. The Bertz CT molecular complexity index is 1980. The van der Waals surface area contributed by atoms with Gasteiger partial charge in [0.1, 0.15) is 0 Å². The van der Waals surface area contributed by atoms with Crippen molar-refractivity contribution in [2.24, 2.45) is 0 Å². The first kappa shape index (κ1) is 29.5. The molecule has 7 rings (SSSR count). The molecule has 213 valence electrons. The number of benzene rings is 3. The summed E-state index contributed by atoms with van der Waals surface area (Å²) in [6.45, 7) is 9.84. The van der Waals surface area contributed by atoms with Crippen molar-refractivity contribution >= 4 is 46.4 Å². The molecule has 0 unspecified atom stereocenters. The maximum absolute atomic E-state index is 13.5. The Morgan fingerprint density at radius 3 is 2.38 bits per heavy atom. The van der Waals surface area contributed by atoms with Gasteiger partial charge in [-0.3, -0.25) is 4.98 Å². The van der Waals surface area contributed by atoms with Gasteiger partial charge in [-0.05, 0) is 42.1 Å². The standard InChI is InChI=1S/C20H13FN3O.C14H16NSi.Ir/c1-2-24-16-9-4-3-8-15(16)22-19(24)14-7-5-6-12-13-10-11-17(21)23-20(13)25-18(12)14;1-16(2,3)13-9-10-14(15-11-13)12-7-5-4-6-8-12;/h3-6,8-11H,2H2,1H3;4-7,9-11H,1-3H3;/q2*-1;. The minimum Gasteiger partial charge on any atom is -0.486 e. The molecule has 3 aromatic carbocycles. The Balaban J connectivity index is 0.000000181. The van der Waals surface area contributed by atoms with Crippen LogP contribution in [0.1, 0.15) is 6.92 Å². The third-order valence-corrected chi connectivity index (χ3v) is 9.10. The van der Waals surface area contributed by atoms with Crippen molar-refractivity contribution in [3.8, 4) is 22.6 Å². The van der Waals surface area contributed by atoms with Crippen LogP contribution in [0, 0.1) is 18.1 Å². The number of aryl methyl sites for hydroxylation is 1. The first-order valence-electron chi connectivity index (χ1n) is 13.6. The number of aromatic nitrogens is 4. The molecule has 0 saturated heterocycles. The molecule has 0 amide bonds. The summed E-state index contributed by atoms with van der Waals surface area (Å²) in [6.07, 6.45) is 2.02. The second-order valence-corrected chi connectivity index (χ2v) is 15.9. The fraction of sp³-hybridized carbons (Fsp3) is 0.147. The van der Waals surface area contributed by atoms with Crippen LogP contribution in [0.15, 0.2) is 95.5 Å². The van der Waals surface area contributed by atoms with Crippen LogP contribution >= 0.6 is 0 Å². The zero-order valence-electron chi connectivity index (χ0n) is 23.8. The normalized spacial score (nSPS) is 11.4. The van der Waals surface area contributed by atoms with E-state index in [0.29, 0.717) is 5.58 Å². The van der Waals surface area contributed by atoms with Crippen LogP contribution in [-0.2, 0) is 26.7 Å². The number of hydrogen-bond donors (Lipinski definition) is 0. The minimum atomic E-state index is -1.23. The third kappa shape index (κ3) is 5.70. The van der Waals surface area contributed by atoms with Crippen molar-refractivity contribution in [2.45, 2.75) is 33.1 Å². The van der Waals surface area contributed by atoms with Gasteiger partial charge >= 0.3 is 0 Å². The summed E-state index contributed by atoms with van der Waals surface area (Å²) in [5, 5.41) is 3.06. The molecule has 42 heavy (non-hydrogen) atoms. The molecule has 0 spiro atoms. The summed E-state index contributed by atoms with van der Waals surface area (Å²) in [6, 6.07) is 33.5. The van der Waals surface area contributed by atoms with Gasteiger partial charge < -0.3 is 14.0 Å². The van der Waals surface area contributed by atoms with E-state index in [0.717, 1.165) is 51.0 Å². The molecule has 0 bridgehead atoms. The monoisotopic (exact) mass is 749 g/mol. The molecule has 0 aliphatic rings. The van der Waals surface area contributed by atoms with Crippen molar-refractivity contribution in [3.05, 3.63) is 109 Å². The molecule has 0 aliphatic carbocycles. The summed E-state index contributed by atoms with van der Waals surface area (Å²) in [5.41, 5.74) is 5.72. The topological polar surface area (TPSA) is 56.7 Å². The van der Waals surface area contributed by atoms with E-state index in [-0.39, 0.29) is 25.8 Å². The quantitative estimate of drug-likeness (QED) is 0.104. The third-order valence-electron chi connectivity index (χ3n) is 7.07. The van der Waals surface area contributed by atoms with E-state index in [9.17, 15) is 4.39 Å². The number of fused-ring (bicyclic) bond motifs is 4. The minimum absolute atomic E-state index is 0. The van der Waals surface area contributed by atoms with Gasteiger partial charge in [-0.25, -0.2) is 0 Å². The van der Waals surface area contributed by atoms with Gasteiger partial charge in [-0.2, -0.15) is 9.37 Å². The van der Waals surface area contributed by atoms with Gasteiger partial charge in [0.25, 0.3) is 0 Å². The summed E-state index contributed by atoms with van der Waals surface area (Å²) in [7, 11) is -1.23. The van der Waals surface area contributed by atoms with Crippen molar-refractivity contribution < 1.29 is 28.9 Å². The Hall–Kier alpha value is -3.97. The van der Waals surface area contributed by atoms with Crippen LogP contribution in [0.5, 0.6) is 0 Å². The van der Waals surface area contributed by atoms with E-state index < -0.39 is 14.0 Å². The second kappa shape index (κ2) is 12.1. The van der Waals surface area contributed by atoms with Gasteiger partial charge in [0, 0.05) is 38.2 Å². The van der Waals surface area contributed by atoms with E-state index in [1.54, 1.807) is 6.07 Å². The van der Waals surface area contributed by atoms with E-state index in [1.807, 2.05) is 66.9 Å². The molecule has 8 heteroatoms. The van der Waals surface area contributed by atoms with Crippen LogP contribution < -0.4 is 5.19 Å². The van der Waals surface area contributed by atoms with Crippen LogP contribution in [0.3, 0.4) is 0 Å². The van der Waals surface area contributed by atoms with Crippen molar-refractivity contribution in [2.75, 3.05) is 0 Å². The molecule has 0 atom stereocenters. The number of halogens is 1. The predicted molar refractivity (Wildman–Crippen MR) is 166 cm³/mol. The number of hydrogen-bond acceptors (Lipinski definition) is 4. The Kier molecular flexibility index (Phi) is 8.50. The fourth-order valence-corrected chi connectivity index (χ4v) is 5.94. The first-order chi connectivity index (χ1) is 19.8. The molecule has 4 heterocycles. The van der Waals surface area contributed by atoms with Gasteiger partial charge in [-0.15, -0.1) is 54.1 Å². The number of pyridine rings is 2. The van der Waals surface area contributed by atoms with Crippen LogP contribution in [-0.4, -0.2) is 27.6 Å². The molecular weight excluding hydrogens is 720 g/mol. The van der Waals surface area contributed by atoms with Gasteiger partial charge in [-0.1, -0.05) is 54.9 Å². The summed E-state index contributed by atoms with van der Waals surface area (Å²) >= 11 is 0. The van der Waals surface area contributed by atoms with Crippen LogP contribution in [0.2, 0.25) is 19.6 Å². The zero-order chi connectivity index (χ0) is 28.6. The van der Waals surface area contributed by atoms with E-state index in [1.165, 1.54) is 11.3 Å². The van der Waals surface area contributed by atoms with Gasteiger partial charge in [0.15, 0.2) is 0 Å². The Labute approximate surface area is 258 Å². The molecule has 1 radical (unpaired) electrons. The van der Waals surface area contributed by atoms with Crippen molar-refractivity contribution in [3.63, 3.8) is 0 Å². The van der Waals surface area contributed by atoms with E-state index in [2.05, 4.69) is 65.4 Å². The van der Waals surface area contributed by atoms with E-state index >= 15 is 0 Å². The molecular formula is C34H29FIrN4OSi-2. The summed E-state index contributed by atoms with van der Waals surface area (Å²) < 4.78 is 21.5. The number of rotatable bonds is 4. The second-order valence-electron chi connectivity index (χ2n) is 10.8. The molecule has 0 N–H and O–H groups in total. The molecule has 0 fully saturated rings. The molecule has 0 saturated carbocycles. The maximum Gasteiger partial charge on any atom is 0.218 e. The summed E-state index contributed by atoms with van der Waals surface area (Å²) in [5.74, 6) is 0.228. The number of imidazole rings is 1. The van der Waals surface area contributed by atoms with Crippen molar-refractivity contribution in [1.82, 2.24) is 19.5 Å². The average Bonchev–Trinajstić information content (AvgIpc) is 3.55. The largest absolute Gasteiger partial charge is 0.486 e. The van der Waals surface area contributed by atoms with E-state index in [4.69, 9.17) is 9.40 Å². The average molecular weight is 749 g/mol. The van der Waals surface area contributed by atoms with Crippen molar-refractivity contribution in [1.29, 1.82) is 0 Å². The predicted octanol–water partition coefficient (Wildman–Crippen LogP) is 8.05. The molecule has 0 aliphatic heterocycles. The zero-order valence-corrected chi connectivity index (χ0v) is 27.2. The summed E-state index contributed by atoms with van der Waals surface area (Å²) in [4.78, 5) is 13.1. The Morgan fingerprint density at radius 2 is 1.67 bits per heavy atom. The smallest absolute Gasteiger partial charge is 0.218 e.